The third-order valence-electron chi connectivity index (χ3n) is 4.28. The maximum atomic E-state index is 12.6. The Balaban J connectivity index is 1.65. The predicted molar refractivity (Wildman–Crippen MR) is 78.6 cm³/mol. The van der Waals surface area contributed by atoms with Gasteiger partial charge in [0.15, 0.2) is 5.69 Å². The quantitative estimate of drug-likeness (QED) is 0.906. The van der Waals surface area contributed by atoms with Gasteiger partial charge < -0.3 is 4.90 Å². The van der Waals surface area contributed by atoms with Crippen LogP contribution in [0.4, 0.5) is 13.2 Å². The summed E-state index contributed by atoms with van der Waals surface area (Å²) in [6, 6.07) is 1.03. The highest BCUT2D eigenvalue weighted by Crippen LogP contribution is 2.32. The molecule has 2 heterocycles. The molecule has 1 N–H and O–H groups in total. The van der Waals surface area contributed by atoms with Crippen LogP contribution in [0.1, 0.15) is 43.0 Å². The Morgan fingerprint density at radius 1 is 1.26 bits per heavy atom. The number of nitrogens with zero attached hydrogens (tertiary/aromatic N) is 2. The van der Waals surface area contributed by atoms with E-state index in [9.17, 15) is 18.0 Å². The number of rotatable bonds is 2. The van der Waals surface area contributed by atoms with Crippen LogP contribution in [-0.4, -0.2) is 34.1 Å². The molecule has 23 heavy (non-hydrogen) atoms. The molecule has 0 bridgehead atoms. The number of aromatic amines is 1. The molecular weight excluding hydrogens is 307 g/mol. The molecule has 0 saturated carbocycles. The highest BCUT2D eigenvalue weighted by atomic mass is 19.4. The third-order valence-corrected chi connectivity index (χ3v) is 4.28. The van der Waals surface area contributed by atoms with Gasteiger partial charge in [-0.1, -0.05) is 18.2 Å². The van der Waals surface area contributed by atoms with Crippen molar-refractivity contribution in [1.82, 2.24) is 15.1 Å². The Morgan fingerprint density at radius 2 is 2.00 bits per heavy atom. The van der Waals surface area contributed by atoms with Gasteiger partial charge in [-0.15, -0.1) is 0 Å². The molecule has 3 rings (SSSR count). The molecule has 1 fully saturated rings. The van der Waals surface area contributed by atoms with Gasteiger partial charge in [-0.25, -0.2) is 0 Å². The summed E-state index contributed by atoms with van der Waals surface area (Å²) in [7, 11) is 0. The Morgan fingerprint density at radius 3 is 2.57 bits per heavy atom. The van der Waals surface area contributed by atoms with Crippen LogP contribution in [0.3, 0.4) is 0 Å². The van der Waals surface area contributed by atoms with Crippen molar-refractivity contribution >= 4 is 5.91 Å². The second kappa shape index (κ2) is 6.22. The van der Waals surface area contributed by atoms with Crippen LogP contribution in [0.15, 0.2) is 29.9 Å². The average Bonchev–Trinajstić information content (AvgIpc) is 3.05. The molecule has 4 nitrogen and oxygen atoms in total. The molecule has 1 unspecified atom stereocenters. The fourth-order valence-corrected chi connectivity index (χ4v) is 2.96. The summed E-state index contributed by atoms with van der Waals surface area (Å²) in [6.45, 7) is 1.56. The number of aromatic nitrogens is 2. The number of carbonyl (C=O) groups is 1. The Hall–Kier alpha value is -2.05. The van der Waals surface area contributed by atoms with E-state index in [2.05, 4.69) is 10.2 Å². The molecule has 1 aromatic rings. The summed E-state index contributed by atoms with van der Waals surface area (Å²) in [4.78, 5) is 14.2. The number of H-pyrrole nitrogens is 1. The molecule has 0 aromatic carbocycles. The Kier molecular flexibility index (Phi) is 4.28. The number of carbonyl (C=O) groups excluding carboxylic acids is 1. The van der Waals surface area contributed by atoms with E-state index in [4.69, 9.17) is 0 Å². The van der Waals surface area contributed by atoms with E-state index in [-0.39, 0.29) is 11.8 Å². The van der Waals surface area contributed by atoms with E-state index < -0.39 is 11.9 Å². The van der Waals surface area contributed by atoms with Gasteiger partial charge in [-0.2, -0.15) is 18.3 Å². The van der Waals surface area contributed by atoms with E-state index in [1.165, 1.54) is 0 Å². The van der Waals surface area contributed by atoms with Crippen LogP contribution >= 0.6 is 0 Å². The number of halogens is 3. The zero-order valence-corrected chi connectivity index (χ0v) is 12.6. The van der Waals surface area contributed by atoms with E-state index >= 15 is 0 Å². The lowest BCUT2D eigenvalue weighted by molar-refractivity contribution is -0.141. The maximum absolute atomic E-state index is 12.6. The van der Waals surface area contributed by atoms with Gasteiger partial charge >= 0.3 is 6.18 Å². The number of piperidine rings is 1. The van der Waals surface area contributed by atoms with Gasteiger partial charge in [0.2, 0.25) is 0 Å². The monoisotopic (exact) mass is 325 g/mol. The van der Waals surface area contributed by atoms with Crippen molar-refractivity contribution < 1.29 is 18.0 Å². The van der Waals surface area contributed by atoms with Crippen LogP contribution in [0.2, 0.25) is 0 Å². The smallest absolute Gasteiger partial charge is 0.339 e. The summed E-state index contributed by atoms with van der Waals surface area (Å²) in [6.07, 6.45) is 4.53. The number of likely N-dealkylation sites (tertiary alicyclic amines) is 1. The summed E-state index contributed by atoms with van der Waals surface area (Å²) in [5, 5.41) is 5.75. The van der Waals surface area contributed by atoms with Crippen LogP contribution in [0.5, 0.6) is 0 Å². The molecule has 0 radical (unpaired) electrons. The fraction of sp³-hybridized carbons (Fsp3) is 0.500. The van der Waals surface area contributed by atoms with Crippen LogP contribution < -0.4 is 0 Å². The van der Waals surface area contributed by atoms with E-state index in [0.29, 0.717) is 17.7 Å². The van der Waals surface area contributed by atoms with Gasteiger partial charge in [0, 0.05) is 30.3 Å². The molecule has 1 aliphatic heterocycles. The Bertz CT molecular complexity index is 639. The van der Waals surface area contributed by atoms with E-state index in [1.807, 2.05) is 4.90 Å². The Labute approximate surface area is 132 Å². The SMILES string of the molecule is O=C(C1=CCC(c2cc(C(F)(F)F)n[nH]2)C=C1)N1CCCCC1. The maximum Gasteiger partial charge on any atom is 0.435 e. The van der Waals surface area contributed by atoms with E-state index in [1.54, 1.807) is 18.2 Å². The molecule has 1 atom stereocenters. The van der Waals surface area contributed by atoms with Gasteiger partial charge in [-0.05, 0) is 31.7 Å². The molecule has 1 amide bonds. The van der Waals surface area contributed by atoms with Crippen molar-refractivity contribution in [2.24, 2.45) is 0 Å². The number of allylic oxidation sites excluding steroid dienone is 2. The lowest BCUT2D eigenvalue weighted by Gasteiger charge is -2.28. The first kappa shape index (κ1) is 15.8. The van der Waals surface area contributed by atoms with Gasteiger partial charge in [-0.3, -0.25) is 9.89 Å². The number of alkyl halides is 3. The predicted octanol–water partition coefficient (Wildman–Crippen LogP) is 3.41. The van der Waals surface area contributed by atoms with Crippen molar-refractivity contribution in [2.45, 2.75) is 37.8 Å². The lowest BCUT2D eigenvalue weighted by atomic mass is 9.93. The fourth-order valence-electron chi connectivity index (χ4n) is 2.96. The summed E-state index contributed by atoms with van der Waals surface area (Å²) in [5.74, 6) is -0.198. The number of amides is 1. The molecule has 1 aliphatic carbocycles. The zero-order valence-electron chi connectivity index (χ0n) is 12.6. The minimum atomic E-state index is -4.45. The van der Waals surface area contributed by atoms with Gasteiger partial charge in [0.05, 0.1) is 0 Å². The van der Waals surface area contributed by atoms with Crippen molar-refractivity contribution in [3.63, 3.8) is 0 Å². The third kappa shape index (κ3) is 3.48. The molecule has 2 aliphatic rings. The normalized spacial score (nSPS) is 22.1. The topological polar surface area (TPSA) is 49.0 Å². The molecule has 1 saturated heterocycles. The van der Waals surface area contributed by atoms with Crippen LogP contribution in [-0.2, 0) is 11.0 Å². The highest BCUT2D eigenvalue weighted by Gasteiger charge is 2.34. The second-order valence-corrected chi connectivity index (χ2v) is 5.92. The minimum absolute atomic E-state index is 0.0139. The van der Waals surface area contributed by atoms with Gasteiger partial charge in [0.1, 0.15) is 0 Å². The van der Waals surface area contributed by atoms with Crippen LogP contribution in [0, 0.1) is 0 Å². The first-order valence-electron chi connectivity index (χ1n) is 7.75. The van der Waals surface area contributed by atoms with Crippen molar-refractivity contribution in [1.29, 1.82) is 0 Å². The first-order chi connectivity index (χ1) is 10.9. The highest BCUT2D eigenvalue weighted by molar-refractivity contribution is 5.96. The lowest BCUT2D eigenvalue weighted by Crippen LogP contribution is -2.36. The molecule has 1 aromatic heterocycles. The number of hydrogen-bond donors (Lipinski definition) is 1. The number of nitrogens with one attached hydrogen (secondary N) is 1. The van der Waals surface area contributed by atoms with Gasteiger partial charge in [0.25, 0.3) is 5.91 Å². The second-order valence-electron chi connectivity index (χ2n) is 5.92. The molecular formula is C16H18F3N3O. The van der Waals surface area contributed by atoms with E-state index in [0.717, 1.165) is 38.4 Å². The molecule has 7 heteroatoms. The minimum Gasteiger partial charge on any atom is -0.339 e. The zero-order chi connectivity index (χ0) is 16.4. The molecule has 124 valence electrons. The van der Waals surface area contributed by atoms with Crippen molar-refractivity contribution in [3.8, 4) is 0 Å². The summed E-state index contributed by atoms with van der Waals surface area (Å²) in [5.41, 5.74) is 0.119. The largest absolute Gasteiger partial charge is 0.435 e. The van der Waals surface area contributed by atoms with Crippen molar-refractivity contribution in [2.75, 3.05) is 13.1 Å². The summed E-state index contributed by atoms with van der Waals surface area (Å²) >= 11 is 0. The molecule has 0 spiro atoms. The van der Waals surface area contributed by atoms with Crippen molar-refractivity contribution in [3.05, 3.63) is 41.3 Å². The standard InChI is InChI=1S/C16H18F3N3O/c17-16(18,19)14-10-13(20-21-14)11-4-6-12(7-5-11)15(23)22-8-2-1-3-9-22/h4,6-7,10-11H,1-3,5,8-9H2,(H,20,21). The van der Waals surface area contributed by atoms with Crippen LogP contribution in [0.25, 0.3) is 0 Å². The summed E-state index contributed by atoms with van der Waals surface area (Å²) < 4.78 is 37.7. The number of hydrogen-bond acceptors (Lipinski definition) is 2. The average molecular weight is 325 g/mol. The first-order valence-corrected chi connectivity index (χ1v) is 7.75.